The lowest BCUT2D eigenvalue weighted by Crippen LogP contribution is -2.01. The van der Waals surface area contributed by atoms with Crippen molar-refractivity contribution in [1.29, 1.82) is 0 Å². The molecule has 0 unspecified atom stereocenters. The predicted octanol–water partition coefficient (Wildman–Crippen LogP) is 2.30. The van der Waals surface area contributed by atoms with E-state index in [2.05, 4.69) is 0 Å². The van der Waals surface area contributed by atoms with Gasteiger partial charge < -0.3 is 14.9 Å². The number of aromatic hydroxyl groups is 1. The van der Waals surface area contributed by atoms with Crippen molar-refractivity contribution in [2.75, 3.05) is 0 Å². The van der Waals surface area contributed by atoms with Gasteiger partial charge in [-0.05, 0) is 55.5 Å². The molecule has 1 aromatic rings. The van der Waals surface area contributed by atoms with Crippen LogP contribution in [0.2, 0.25) is 0 Å². The van der Waals surface area contributed by atoms with Crippen LogP contribution in [0.15, 0.2) is 0 Å². The second-order valence-corrected chi connectivity index (χ2v) is 5.80. The van der Waals surface area contributed by atoms with Crippen molar-refractivity contribution in [3.8, 4) is 5.75 Å². The van der Waals surface area contributed by atoms with Gasteiger partial charge in [0.1, 0.15) is 5.75 Å². The third kappa shape index (κ3) is 2.46. The van der Waals surface area contributed by atoms with Crippen LogP contribution in [-0.4, -0.2) is 14.9 Å². The van der Waals surface area contributed by atoms with Gasteiger partial charge in [0.2, 0.25) is 0 Å². The summed E-state index contributed by atoms with van der Waals surface area (Å²) >= 11 is 0. The third-order valence-electron chi connectivity index (χ3n) is 3.10. The van der Waals surface area contributed by atoms with Gasteiger partial charge in [-0.1, -0.05) is 0 Å². The summed E-state index contributed by atoms with van der Waals surface area (Å²) in [4.78, 5) is 18.0. The lowest BCUT2D eigenvalue weighted by molar-refractivity contribution is 0.371. The van der Waals surface area contributed by atoms with Crippen molar-refractivity contribution in [3.63, 3.8) is 0 Å². The Labute approximate surface area is 95.1 Å². The van der Waals surface area contributed by atoms with Crippen LogP contribution < -0.4 is 0 Å². The Morgan fingerprint density at radius 3 is 1.62 bits per heavy atom. The van der Waals surface area contributed by atoms with E-state index in [1.165, 1.54) is 0 Å². The van der Waals surface area contributed by atoms with E-state index < -0.39 is 7.60 Å². The third-order valence-corrected chi connectivity index (χ3v) is 3.83. The lowest BCUT2D eigenvalue weighted by atomic mass is 9.94. The van der Waals surface area contributed by atoms with Crippen LogP contribution in [0.25, 0.3) is 0 Å². The molecule has 0 saturated heterocycles. The molecule has 16 heavy (non-hydrogen) atoms. The minimum atomic E-state index is -4.08. The van der Waals surface area contributed by atoms with E-state index in [0.29, 0.717) is 16.7 Å². The Morgan fingerprint density at radius 1 is 0.938 bits per heavy atom. The molecular formula is C11H17O4P. The second kappa shape index (κ2) is 4.21. The molecule has 0 amide bonds. The number of phenols is 1. The summed E-state index contributed by atoms with van der Waals surface area (Å²) in [6.45, 7) is 7.04. The molecule has 0 saturated carbocycles. The van der Waals surface area contributed by atoms with Crippen molar-refractivity contribution in [1.82, 2.24) is 0 Å². The monoisotopic (exact) mass is 244 g/mol. The number of hydrogen-bond acceptors (Lipinski definition) is 2. The maximum absolute atomic E-state index is 11.0. The van der Waals surface area contributed by atoms with Crippen LogP contribution in [0, 0.1) is 27.7 Å². The quantitative estimate of drug-likeness (QED) is 0.697. The summed E-state index contributed by atoms with van der Waals surface area (Å²) in [5.41, 5.74) is 3.52. The van der Waals surface area contributed by atoms with Crippen LogP contribution in [0.4, 0.5) is 0 Å². The molecule has 90 valence electrons. The first-order valence-corrected chi connectivity index (χ1v) is 6.77. The van der Waals surface area contributed by atoms with E-state index in [9.17, 15) is 9.67 Å². The van der Waals surface area contributed by atoms with Gasteiger partial charge in [-0.2, -0.15) is 0 Å². The second-order valence-electron chi connectivity index (χ2n) is 4.15. The highest BCUT2D eigenvalue weighted by atomic mass is 31.2. The minimum absolute atomic E-state index is 0.212. The zero-order valence-corrected chi connectivity index (χ0v) is 10.8. The van der Waals surface area contributed by atoms with Gasteiger partial charge >= 0.3 is 7.60 Å². The highest BCUT2D eigenvalue weighted by Gasteiger charge is 2.21. The first-order valence-electron chi connectivity index (χ1n) is 4.98. The maximum atomic E-state index is 11.0. The Bertz CT molecular complexity index is 444. The predicted molar refractivity (Wildman–Crippen MR) is 62.8 cm³/mol. The Balaban J connectivity index is 3.46. The normalized spacial score (nSPS) is 11.9. The topological polar surface area (TPSA) is 77.8 Å². The van der Waals surface area contributed by atoms with E-state index in [1.807, 2.05) is 0 Å². The zero-order chi connectivity index (χ0) is 12.7. The number of rotatable bonds is 2. The molecule has 0 aliphatic carbocycles. The molecule has 0 fully saturated rings. The van der Waals surface area contributed by atoms with Crippen LogP contribution >= 0.6 is 7.60 Å². The van der Waals surface area contributed by atoms with Gasteiger partial charge in [-0.25, -0.2) is 0 Å². The molecule has 0 heterocycles. The van der Waals surface area contributed by atoms with Gasteiger partial charge in [0.05, 0.1) is 6.16 Å². The molecule has 0 radical (unpaired) electrons. The van der Waals surface area contributed by atoms with E-state index in [1.54, 1.807) is 27.7 Å². The summed E-state index contributed by atoms with van der Waals surface area (Å²) < 4.78 is 11.0. The van der Waals surface area contributed by atoms with Crippen molar-refractivity contribution >= 4 is 7.60 Å². The number of benzene rings is 1. The average Bonchev–Trinajstić information content (AvgIpc) is 2.17. The fourth-order valence-electron chi connectivity index (χ4n) is 1.81. The lowest BCUT2D eigenvalue weighted by Gasteiger charge is -2.17. The van der Waals surface area contributed by atoms with E-state index >= 15 is 0 Å². The van der Waals surface area contributed by atoms with Crippen LogP contribution in [0.3, 0.4) is 0 Å². The highest BCUT2D eigenvalue weighted by molar-refractivity contribution is 7.50. The fraction of sp³-hybridized carbons (Fsp3) is 0.455. The first-order chi connectivity index (χ1) is 7.15. The molecule has 5 heteroatoms. The summed E-state index contributed by atoms with van der Waals surface area (Å²) in [5, 5.41) is 9.80. The van der Waals surface area contributed by atoms with Crippen molar-refractivity contribution in [2.24, 2.45) is 0 Å². The summed E-state index contributed by atoms with van der Waals surface area (Å²) in [5.74, 6) is 0.212. The average molecular weight is 244 g/mol. The minimum Gasteiger partial charge on any atom is -0.507 e. The number of phenolic OH excluding ortho intramolecular Hbond substituents is 1. The molecule has 0 atom stereocenters. The van der Waals surface area contributed by atoms with E-state index in [-0.39, 0.29) is 11.9 Å². The molecule has 0 aliphatic rings. The SMILES string of the molecule is Cc1c(C)c(CP(=O)(O)O)c(C)c(C)c1O. The molecule has 3 N–H and O–H groups in total. The van der Waals surface area contributed by atoms with Gasteiger partial charge in [-0.15, -0.1) is 0 Å². The molecular weight excluding hydrogens is 227 g/mol. The van der Waals surface area contributed by atoms with E-state index in [0.717, 1.165) is 11.1 Å². The van der Waals surface area contributed by atoms with Crippen molar-refractivity contribution in [2.45, 2.75) is 33.9 Å². The van der Waals surface area contributed by atoms with Gasteiger partial charge in [0, 0.05) is 0 Å². The smallest absolute Gasteiger partial charge is 0.329 e. The molecule has 0 aliphatic heterocycles. The molecule has 1 aromatic carbocycles. The van der Waals surface area contributed by atoms with Crippen LogP contribution in [-0.2, 0) is 10.7 Å². The summed E-state index contributed by atoms with van der Waals surface area (Å²) in [6.07, 6.45) is -0.271. The Morgan fingerprint density at radius 2 is 1.31 bits per heavy atom. The van der Waals surface area contributed by atoms with Crippen molar-refractivity contribution < 1.29 is 19.5 Å². The van der Waals surface area contributed by atoms with Crippen LogP contribution in [0.1, 0.15) is 27.8 Å². The molecule has 0 aromatic heterocycles. The highest BCUT2D eigenvalue weighted by Crippen LogP contribution is 2.43. The standard InChI is InChI=1S/C11H17O4P/c1-6-8(3)11(12)9(4)7(2)10(6)5-16(13,14)15/h12H,5H2,1-4H3,(H2,13,14,15). The summed E-state index contributed by atoms with van der Waals surface area (Å²) in [7, 11) is -4.08. The van der Waals surface area contributed by atoms with Crippen LogP contribution in [0.5, 0.6) is 5.75 Å². The van der Waals surface area contributed by atoms with Gasteiger partial charge in [0.25, 0.3) is 0 Å². The largest absolute Gasteiger partial charge is 0.507 e. The fourth-order valence-corrected chi connectivity index (χ4v) is 2.70. The molecule has 1 rings (SSSR count). The molecule has 0 bridgehead atoms. The first kappa shape index (κ1) is 13.2. The van der Waals surface area contributed by atoms with Gasteiger partial charge in [0.15, 0.2) is 0 Å². The zero-order valence-electron chi connectivity index (χ0n) is 9.90. The molecule has 0 spiro atoms. The maximum Gasteiger partial charge on any atom is 0.329 e. The number of hydrogen-bond donors (Lipinski definition) is 3. The Kier molecular flexibility index (Phi) is 3.48. The van der Waals surface area contributed by atoms with Crippen molar-refractivity contribution in [3.05, 3.63) is 27.8 Å². The molecule has 4 nitrogen and oxygen atoms in total. The Hall–Kier alpha value is -0.830. The summed E-state index contributed by atoms with van der Waals surface area (Å²) in [6, 6.07) is 0. The van der Waals surface area contributed by atoms with Gasteiger partial charge in [-0.3, -0.25) is 4.57 Å². The van der Waals surface area contributed by atoms with E-state index in [4.69, 9.17) is 9.79 Å².